The molecule has 2 aromatic carbocycles. The van der Waals surface area contributed by atoms with Gasteiger partial charge in [-0.2, -0.15) is 4.31 Å². The van der Waals surface area contributed by atoms with Crippen LogP contribution in [-0.4, -0.2) is 45.7 Å². The first-order valence-electron chi connectivity index (χ1n) is 8.50. The summed E-state index contributed by atoms with van der Waals surface area (Å²) in [5.41, 5.74) is 1.17. The maximum absolute atomic E-state index is 12.7. The van der Waals surface area contributed by atoms with Gasteiger partial charge in [0, 0.05) is 10.6 Å². The van der Waals surface area contributed by atoms with Crippen molar-refractivity contribution in [1.29, 1.82) is 0 Å². The molecule has 0 aliphatic carbocycles. The van der Waals surface area contributed by atoms with Crippen molar-refractivity contribution in [1.82, 2.24) is 4.31 Å². The Balaban J connectivity index is 1.38. The predicted octanol–water partition coefficient (Wildman–Crippen LogP) is 1.16. The van der Waals surface area contributed by atoms with Crippen LogP contribution in [0.4, 0.5) is 0 Å². The van der Waals surface area contributed by atoms with Gasteiger partial charge in [0.25, 0.3) is 0 Å². The second kappa shape index (κ2) is 7.08. The van der Waals surface area contributed by atoms with Gasteiger partial charge in [0.15, 0.2) is 11.5 Å². The number of quaternary nitrogens is 1. The molecule has 0 aromatic heterocycles. The van der Waals surface area contributed by atoms with Crippen LogP contribution in [0.5, 0.6) is 11.5 Å². The van der Waals surface area contributed by atoms with Gasteiger partial charge in [-0.15, -0.1) is 0 Å². The number of hydrogen-bond acceptors (Lipinski definition) is 4. The van der Waals surface area contributed by atoms with Gasteiger partial charge < -0.3 is 14.4 Å². The van der Waals surface area contributed by atoms with Crippen molar-refractivity contribution in [2.75, 3.05) is 33.0 Å². The topological polar surface area (TPSA) is 60.3 Å². The van der Waals surface area contributed by atoms with Crippen molar-refractivity contribution < 1.29 is 22.8 Å². The molecule has 1 fully saturated rings. The SMILES string of the molecule is O=S(=O)(c1ccc(Cl)cc1)N1CC[NH+](Cc2ccc3c(c2)OCO3)CC1. The fourth-order valence-corrected chi connectivity index (χ4v) is 4.88. The third-order valence-corrected chi connectivity index (χ3v) is 6.94. The highest BCUT2D eigenvalue weighted by molar-refractivity contribution is 7.89. The third kappa shape index (κ3) is 3.53. The second-order valence-corrected chi connectivity index (χ2v) is 8.85. The Kier molecular flexibility index (Phi) is 4.79. The van der Waals surface area contributed by atoms with Gasteiger partial charge in [0.05, 0.1) is 31.1 Å². The highest BCUT2D eigenvalue weighted by Crippen LogP contribution is 2.32. The number of rotatable bonds is 4. The molecule has 0 spiro atoms. The Morgan fingerprint density at radius 1 is 1.00 bits per heavy atom. The van der Waals surface area contributed by atoms with Crippen LogP contribution in [-0.2, 0) is 16.6 Å². The molecule has 0 saturated carbocycles. The molecule has 2 heterocycles. The van der Waals surface area contributed by atoms with Crippen LogP contribution in [0.25, 0.3) is 0 Å². The van der Waals surface area contributed by atoms with Gasteiger partial charge in [-0.3, -0.25) is 0 Å². The second-order valence-electron chi connectivity index (χ2n) is 6.47. The predicted molar refractivity (Wildman–Crippen MR) is 97.2 cm³/mol. The summed E-state index contributed by atoms with van der Waals surface area (Å²) < 4.78 is 37.8. The van der Waals surface area contributed by atoms with Gasteiger partial charge in [-0.1, -0.05) is 11.6 Å². The van der Waals surface area contributed by atoms with E-state index in [9.17, 15) is 8.42 Å². The van der Waals surface area contributed by atoms with E-state index in [2.05, 4.69) is 0 Å². The zero-order valence-corrected chi connectivity index (χ0v) is 15.7. The highest BCUT2D eigenvalue weighted by Gasteiger charge is 2.30. The molecule has 0 radical (unpaired) electrons. The molecule has 2 aliphatic rings. The van der Waals surface area contributed by atoms with Gasteiger partial charge in [0.1, 0.15) is 6.54 Å². The number of benzene rings is 2. The lowest BCUT2D eigenvalue weighted by molar-refractivity contribution is -0.917. The molecule has 2 aromatic rings. The van der Waals surface area contributed by atoms with Crippen molar-refractivity contribution in [3.05, 3.63) is 53.1 Å². The lowest BCUT2D eigenvalue weighted by Gasteiger charge is -2.31. The van der Waals surface area contributed by atoms with Gasteiger partial charge >= 0.3 is 0 Å². The van der Waals surface area contributed by atoms with Crippen LogP contribution in [0.2, 0.25) is 5.02 Å². The summed E-state index contributed by atoms with van der Waals surface area (Å²) in [5, 5.41) is 0.530. The summed E-state index contributed by atoms with van der Waals surface area (Å²) in [6.45, 7) is 3.65. The van der Waals surface area contributed by atoms with E-state index < -0.39 is 10.0 Å². The Labute approximate surface area is 157 Å². The number of sulfonamides is 1. The van der Waals surface area contributed by atoms with E-state index in [0.717, 1.165) is 31.1 Å². The van der Waals surface area contributed by atoms with Crippen LogP contribution in [0.15, 0.2) is 47.4 Å². The normalized spacial score (nSPS) is 18.2. The minimum atomic E-state index is -3.46. The van der Waals surface area contributed by atoms with Gasteiger partial charge in [0.2, 0.25) is 16.8 Å². The fraction of sp³-hybridized carbons (Fsp3) is 0.333. The maximum atomic E-state index is 12.7. The lowest BCUT2D eigenvalue weighted by Crippen LogP contribution is -3.13. The zero-order valence-electron chi connectivity index (χ0n) is 14.2. The van der Waals surface area contributed by atoms with Crippen LogP contribution in [0.1, 0.15) is 5.56 Å². The molecule has 0 amide bonds. The Bertz CT molecular complexity index is 894. The third-order valence-electron chi connectivity index (χ3n) is 4.77. The molecule has 0 atom stereocenters. The van der Waals surface area contributed by atoms with E-state index in [1.807, 2.05) is 18.2 Å². The molecule has 4 rings (SSSR count). The summed E-state index contributed by atoms with van der Waals surface area (Å²) in [7, 11) is -3.46. The Hall–Kier alpha value is -1.80. The van der Waals surface area contributed by atoms with E-state index in [-0.39, 0.29) is 6.79 Å². The van der Waals surface area contributed by atoms with Crippen LogP contribution in [0.3, 0.4) is 0 Å². The number of nitrogens with zero attached hydrogens (tertiary/aromatic N) is 1. The largest absolute Gasteiger partial charge is 0.454 e. The highest BCUT2D eigenvalue weighted by atomic mass is 35.5. The average molecular weight is 396 g/mol. The van der Waals surface area contributed by atoms with Crippen molar-refractivity contribution in [3.8, 4) is 11.5 Å². The lowest BCUT2D eigenvalue weighted by atomic mass is 10.2. The molecule has 0 unspecified atom stereocenters. The average Bonchev–Trinajstić information content (AvgIpc) is 3.10. The van der Waals surface area contributed by atoms with Crippen molar-refractivity contribution in [2.45, 2.75) is 11.4 Å². The summed E-state index contributed by atoms with van der Waals surface area (Å²) in [4.78, 5) is 1.65. The fourth-order valence-electron chi connectivity index (χ4n) is 3.31. The van der Waals surface area contributed by atoms with Crippen LogP contribution >= 0.6 is 11.6 Å². The van der Waals surface area contributed by atoms with E-state index in [0.29, 0.717) is 23.0 Å². The molecule has 1 N–H and O–H groups in total. The van der Waals surface area contributed by atoms with Crippen LogP contribution in [0, 0.1) is 0 Å². The molecular formula is C18H20ClN2O4S+. The summed E-state index contributed by atoms with van der Waals surface area (Å²) in [6.07, 6.45) is 0. The van der Waals surface area contributed by atoms with E-state index in [1.54, 1.807) is 28.6 Å². The van der Waals surface area contributed by atoms with Crippen molar-refractivity contribution in [2.24, 2.45) is 0 Å². The van der Waals surface area contributed by atoms with Gasteiger partial charge in [-0.25, -0.2) is 8.42 Å². The number of halogens is 1. The van der Waals surface area contributed by atoms with Gasteiger partial charge in [-0.05, 0) is 42.5 Å². The number of hydrogen-bond donors (Lipinski definition) is 1. The zero-order chi connectivity index (χ0) is 18.1. The molecule has 0 bridgehead atoms. The summed E-state index contributed by atoms with van der Waals surface area (Å²) >= 11 is 5.85. The smallest absolute Gasteiger partial charge is 0.243 e. The molecule has 1 saturated heterocycles. The number of piperazine rings is 1. The van der Waals surface area contributed by atoms with Crippen molar-refractivity contribution in [3.63, 3.8) is 0 Å². The van der Waals surface area contributed by atoms with Crippen LogP contribution < -0.4 is 14.4 Å². The molecule has 138 valence electrons. The Morgan fingerprint density at radius 2 is 1.69 bits per heavy atom. The first-order chi connectivity index (χ1) is 12.5. The van der Waals surface area contributed by atoms with Crippen molar-refractivity contribution >= 4 is 21.6 Å². The van der Waals surface area contributed by atoms with E-state index >= 15 is 0 Å². The molecule has 2 aliphatic heterocycles. The minimum Gasteiger partial charge on any atom is -0.454 e. The van der Waals surface area contributed by atoms with E-state index in [1.165, 1.54) is 10.5 Å². The first-order valence-corrected chi connectivity index (χ1v) is 10.3. The Morgan fingerprint density at radius 3 is 2.42 bits per heavy atom. The van der Waals surface area contributed by atoms with E-state index in [4.69, 9.17) is 21.1 Å². The standard InChI is InChI=1S/C18H19ClN2O4S/c19-15-2-4-16(5-3-15)26(22,23)21-9-7-20(8-10-21)12-14-1-6-17-18(11-14)25-13-24-17/h1-6,11H,7-10,12-13H2/p+1. The minimum absolute atomic E-state index is 0.271. The maximum Gasteiger partial charge on any atom is 0.243 e. The summed E-state index contributed by atoms with van der Waals surface area (Å²) in [6, 6.07) is 12.3. The summed E-state index contributed by atoms with van der Waals surface area (Å²) in [5.74, 6) is 1.56. The number of nitrogens with one attached hydrogen (secondary N) is 1. The number of fused-ring (bicyclic) bond motifs is 1. The molecule has 8 heteroatoms. The monoisotopic (exact) mass is 395 g/mol. The molecule has 6 nitrogen and oxygen atoms in total. The molecule has 26 heavy (non-hydrogen) atoms. The first kappa shape index (κ1) is 17.6. The quantitative estimate of drug-likeness (QED) is 0.844. The number of ether oxygens (including phenoxy) is 2. The molecular weight excluding hydrogens is 376 g/mol.